The van der Waals surface area contributed by atoms with Gasteiger partial charge < -0.3 is 5.32 Å². The summed E-state index contributed by atoms with van der Waals surface area (Å²) < 4.78 is 0. The molecule has 0 aromatic heterocycles. The van der Waals surface area contributed by atoms with Crippen LogP contribution in [0.25, 0.3) is 0 Å². The zero-order chi connectivity index (χ0) is 9.07. The van der Waals surface area contributed by atoms with E-state index in [9.17, 15) is 4.79 Å². The maximum atomic E-state index is 11.2. The molecule has 11 heavy (non-hydrogen) atoms. The van der Waals surface area contributed by atoms with E-state index >= 15 is 0 Å². The van der Waals surface area contributed by atoms with E-state index in [2.05, 4.69) is 5.32 Å². The first kappa shape index (κ1) is 9.96. The van der Waals surface area contributed by atoms with Crippen molar-refractivity contribution in [1.29, 1.82) is 5.26 Å². The molecule has 0 bridgehead atoms. The standard InChI is InChI=1S/C8H14N2O/c1-6(5-9)10-7(11)8(2,3)4/h6H,1-4H3,(H,10,11). The van der Waals surface area contributed by atoms with Crippen LogP contribution in [0.3, 0.4) is 0 Å². The molecule has 0 aliphatic heterocycles. The Kier molecular flexibility index (Phi) is 3.06. The highest BCUT2D eigenvalue weighted by molar-refractivity contribution is 5.81. The summed E-state index contributed by atoms with van der Waals surface area (Å²) >= 11 is 0. The molecule has 0 saturated heterocycles. The van der Waals surface area contributed by atoms with E-state index in [1.807, 2.05) is 26.8 Å². The first-order chi connectivity index (χ1) is 4.88. The summed E-state index contributed by atoms with van der Waals surface area (Å²) in [7, 11) is 0. The molecule has 3 nitrogen and oxygen atoms in total. The van der Waals surface area contributed by atoms with Crippen molar-refractivity contribution in [1.82, 2.24) is 5.32 Å². The largest absolute Gasteiger partial charge is 0.340 e. The highest BCUT2D eigenvalue weighted by Crippen LogP contribution is 2.12. The van der Waals surface area contributed by atoms with Crippen molar-refractivity contribution in [3.63, 3.8) is 0 Å². The number of nitrogens with one attached hydrogen (secondary N) is 1. The molecule has 0 fully saturated rings. The van der Waals surface area contributed by atoms with E-state index in [1.54, 1.807) is 6.92 Å². The van der Waals surface area contributed by atoms with Gasteiger partial charge in [0.25, 0.3) is 0 Å². The average molecular weight is 154 g/mol. The van der Waals surface area contributed by atoms with Gasteiger partial charge in [-0.15, -0.1) is 0 Å². The Bertz CT molecular complexity index is 185. The van der Waals surface area contributed by atoms with Crippen LogP contribution in [0.1, 0.15) is 27.7 Å². The van der Waals surface area contributed by atoms with E-state index in [0.29, 0.717) is 0 Å². The lowest BCUT2D eigenvalue weighted by Gasteiger charge is -2.18. The number of hydrogen-bond acceptors (Lipinski definition) is 2. The Morgan fingerprint density at radius 2 is 2.00 bits per heavy atom. The van der Waals surface area contributed by atoms with E-state index in [-0.39, 0.29) is 5.91 Å². The lowest BCUT2D eigenvalue weighted by Crippen LogP contribution is -2.39. The van der Waals surface area contributed by atoms with Crippen LogP contribution in [0, 0.1) is 16.7 Å². The van der Waals surface area contributed by atoms with Crippen LogP contribution < -0.4 is 5.32 Å². The second-order valence-electron chi connectivity index (χ2n) is 3.57. The summed E-state index contributed by atoms with van der Waals surface area (Å²) in [6.07, 6.45) is 0. The summed E-state index contributed by atoms with van der Waals surface area (Å²) in [4.78, 5) is 11.2. The van der Waals surface area contributed by atoms with Crippen LogP contribution in [-0.4, -0.2) is 11.9 Å². The maximum absolute atomic E-state index is 11.2. The molecule has 1 atom stereocenters. The molecule has 0 aromatic carbocycles. The normalized spacial score (nSPS) is 13.4. The molecular formula is C8H14N2O. The molecule has 62 valence electrons. The third kappa shape index (κ3) is 3.61. The average Bonchev–Trinajstić information content (AvgIpc) is 1.85. The molecule has 0 radical (unpaired) electrons. The molecule has 0 heterocycles. The topological polar surface area (TPSA) is 52.9 Å². The van der Waals surface area contributed by atoms with Gasteiger partial charge in [-0.2, -0.15) is 5.26 Å². The maximum Gasteiger partial charge on any atom is 0.226 e. The number of nitriles is 1. The summed E-state index contributed by atoms with van der Waals surface area (Å²) in [5, 5.41) is 11.0. The number of nitrogens with zero attached hydrogens (tertiary/aromatic N) is 1. The number of rotatable bonds is 1. The quantitative estimate of drug-likeness (QED) is 0.614. The van der Waals surface area contributed by atoms with Crippen LogP contribution in [-0.2, 0) is 4.79 Å². The number of carbonyl (C=O) groups is 1. The summed E-state index contributed by atoms with van der Waals surface area (Å²) in [6.45, 7) is 7.09. The van der Waals surface area contributed by atoms with Gasteiger partial charge >= 0.3 is 0 Å². The Labute approximate surface area is 67.4 Å². The Morgan fingerprint density at radius 1 is 1.55 bits per heavy atom. The van der Waals surface area contributed by atoms with Gasteiger partial charge in [-0.05, 0) is 6.92 Å². The number of amides is 1. The second-order valence-corrected chi connectivity index (χ2v) is 3.57. The Hall–Kier alpha value is -1.04. The molecule has 1 unspecified atom stereocenters. The fraction of sp³-hybridized carbons (Fsp3) is 0.750. The SMILES string of the molecule is CC(C#N)NC(=O)C(C)(C)C. The minimum Gasteiger partial charge on any atom is -0.340 e. The van der Waals surface area contributed by atoms with Crippen LogP contribution in [0.15, 0.2) is 0 Å². The van der Waals surface area contributed by atoms with E-state index < -0.39 is 11.5 Å². The summed E-state index contributed by atoms with van der Waals surface area (Å²) in [5.74, 6) is -0.0912. The fourth-order valence-electron chi connectivity index (χ4n) is 0.445. The monoisotopic (exact) mass is 154 g/mol. The van der Waals surface area contributed by atoms with Gasteiger partial charge in [0.1, 0.15) is 6.04 Å². The van der Waals surface area contributed by atoms with Crippen molar-refractivity contribution in [3.8, 4) is 6.07 Å². The van der Waals surface area contributed by atoms with Gasteiger partial charge in [-0.3, -0.25) is 4.79 Å². The van der Waals surface area contributed by atoms with Crippen LogP contribution >= 0.6 is 0 Å². The van der Waals surface area contributed by atoms with E-state index in [1.165, 1.54) is 0 Å². The first-order valence-corrected chi connectivity index (χ1v) is 3.58. The highest BCUT2D eigenvalue weighted by Gasteiger charge is 2.21. The van der Waals surface area contributed by atoms with Crippen molar-refractivity contribution >= 4 is 5.91 Å². The van der Waals surface area contributed by atoms with Crippen molar-refractivity contribution in [2.24, 2.45) is 5.41 Å². The molecule has 0 aliphatic rings. The molecular weight excluding hydrogens is 140 g/mol. The van der Waals surface area contributed by atoms with Gasteiger partial charge in [0.15, 0.2) is 0 Å². The van der Waals surface area contributed by atoms with Gasteiger partial charge in [0.2, 0.25) is 5.91 Å². The molecule has 3 heteroatoms. The Balaban J connectivity index is 4.01. The van der Waals surface area contributed by atoms with Gasteiger partial charge in [0.05, 0.1) is 6.07 Å². The van der Waals surface area contributed by atoms with Crippen LogP contribution in [0.2, 0.25) is 0 Å². The second kappa shape index (κ2) is 3.38. The lowest BCUT2D eigenvalue weighted by molar-refractivity contribution is -0.128. The fourth-order valence-corrected chi connectivity index (χ4v) is 0.445. The predicted molar refractivity (Wildman–Crippen MR) is 42.7 cm³/mol. The predicted octanol–water partition coefficient (Wildman–Crippen LogP) is 1.06. The third-order valence-electron chi connectivity index (χ3n) is 1.22. The number of hydrogen-bond donors (Lipinski definition) is 1. The summed E-state index contributed by atoms with van der Waals surface area (Å²) in [6, 6.07) is 1.53. The summed E-state index contributed by atoms with van der Waals surface area (Å²) in [5.41, 5.74) is -0.412. The van der Waals surface area contributed by atoms with Crippen molar-refractivity contribution in [2.75, 3.05) is 0 Å². The Morgan fingerprint density at radius 3 is 2.27 bits per heavy atom. The zero-order valence-electron chi connectivity index (χ0n) is 7.43. The van der Waals surface area contributed by atoms with Gasteiger partial charge in [-0.1, -0.05) is 20.8 Å². The van der Waals surface area contributed by atoms with Crippen LogP contribution in [0.5, 0.6) is 0 Å². The smallest absolute Gasteiger partial charge is 0.226 e. The number of carbonyl (C=O) groups excluding carboxylic acids is 1. The molecule has 0 aromatic rings. The van der Waals surface area contributed by atoms with E-state index in [0.717, 1.165) is 0 Å². The van der Waals surface area contributed by atoms with Gasteiger partial charge in [0, 0.05) is 5.41 Å². The molecule has 0 spiro atoms. The molecule has 0 aliphatic carbocycles. The van der Waals surface area contributed by atoms with Crippen molar-refractivity contribution in [2.45, 2.75) is 33.7 Å². The molecule has 0 saturated carbocycles. The minimum absolute atomic E-state index is 0.0912. The molecule has 0 rings (SSSR count). The zero-order valence-corrected chi connectivity index (χ0v) is 7.43. The van der Waals surface area contributed by atoms with Crippen molar-refractivity contribution in [3.05, 3.63) is 0 Å². The third-order valence-corrected chi connectivity index (χ3v) is 1.22. The minimum atomic E-state index is -0.412. The highest BCUT2D eigenvalue weighted by atomic mass is 16.2. The first-order valence-electron chi connectivity index (χ1n) is 3.58. The van der Waals surface area contributed by atoms with Gasteiger partial charge in [-0.25, -0.2) is 0 Å². The van der Waals surface area contributed by atoms with Crippen molar-refractivity contribution < 1.29 is 4.79 Å². The molecule has 1 N–H and O–H groups in total. The van der Waals surface area contributed by atoms with E-state index in [4.69, 9.17) is 5.26 Å². The lowest BCUT2D eigenvalue weighted by atomic mass is 9.95. The molecule has 1 amide bonds. The van der Waals surface area contributed by atoms with Crippen LogP contribution in [0.4, 0.5) is 0 Å².